The van der Waals surface area contributed by atoms with Crippen molar-refractivity contribution in [3.05, 3.63) is 72.2 Å². The fraction of sp³-hybridized carbons (Fsp3) is 0.375. The summed E-state index contributed by atoms with van der Waals surface area (Å²) in [5.41, 5.74) is -0.141. The quantitative estimate of drug-likeness (QED) is 0.345. The lowest BCUT2D eigenvalue weighted by Crippen LogP contribution is -2.37. The van der Waals surface area contributed by atoms with Gasteiger partial charge in [0, 0.05) is 36.0 Å². The Bertz CT molecular complexity index is 1820. The van der Waals surface area contributed by atoms with Crippen molar-refractivity contribution in [1.82, 2.24) is 24.2 Å². The number of nitrogens with zero attached hydrogens (tertiary/aromatic N) is 5. The van der Waals surface area contributed by atoms with Gasteiger partial charge in [-0.05, 0) is 51.9 Å². The molecule has 0 N–H and O–H groups in total. The zero-order valence-electron chi connectivity index (χ0n) is 19.6. The van der Waals surface area contributed by atoms with Gasteiger partial charge in [0.15, 0.2) is 5.58 Å². The summed E-state index contributed by atoms with van der Waals surface area (Å²) in [6.07, 6.45) is 1.64. The van der Waals surface area contributed by atoms with Crippen LogP contribution in [0, 0.1) is 19.7 Å². The van der Waals surface area contributed by atoms with Crippen LogP contribution in [0.5, 0.6) is 0 Å². The molecule has 1 aromatic carbocycles. The maximum absolute atomic E-state index is 13.5. The fourth-order valence-electron chi connectivity index (χ4n) is 4.97. The maximum Gasteiger partial charge on any atom is 0.424 e. The first kappa shape index (κ1) is 22.4. The third-order valence-corrected chi connectivity index (χ3v) is 7.05. The normalized spacial score (nSPS) is 15.5. The maximum atomic E-state index is 13.5. The monoisotopic (exact) mass is 495 g/mol. The van der Waals surface area contributed by atoms with Gasteiger partial charge in [-0.2, -0.15) is 9.61 Å². The second-order valence-electron chi connectivity index (χ2n) is 9.14. The van der Waals surface area contributed by atoms with E-state index in [1.807, 2.05) is 0 Å². The number of rotatable bonds is 4. The lowest BCUT2D eigenvalue weighted by atomic mass is 9.91. The minimum atomic E-state index is -1.18. The van der Waals surface area contributed by atoms with Gasteiger partial charge in [0.25, 0.3) is 17.0 Å². The van der Waals surface area contributed by atoms with Crippen molar-refractivity contribution in [3.8, 4) is 0 Å². The zero-order valence-corrected chi connectivity index (χ0v) is 19.6. The number of halogens is 1. The minimum Gasteiger partial charge on any atom is -0.395 e. The van der Waals surface area contributed by atoms with Crippen LogP contribution in [0.3, 0.4) is 0 Å². The summed E-state index contributed by atoms with van der Waals surface area (Å²) in [4.78, 5) is 39.3. The number of aryl methyl sites for hydroxylation is 2. The molecule has 0 spiro atoms. The molecule has 0 atom stereocenters. The van der Waals surface area contributed by atoms with Crippen molar-refractivity contribution in [2.75, 3.05) is 19.6 Å². The van der Waals surface area contributed by atoms with Crippen LogP contribution >= 0.6 is 0 Å². The molecule has 1 aliphatic rings. The van der Waals surface area contributed by atoms with E-state index < -0.39 is 11.3 Å². The summed E-state index contributed by atoms with van der Waals surface area (Å²) in [7, 11) is 0. The highest BCUT2D eigenvalue weighted by Gasteiger charge is 2.26. The van der Waals surface area contributed by atoms with Gasteiger partial charge in [0.05, 0.1) is 11.4 Å². The van der Waals surface area contributed by atoms with Gasteiger partial charge in [0.2, 0.25) is 0 Å². The standard InChI is InChI=1S/C24H22FN5O6/c1-12-13(2)26-30-19(12)20(31)29(21-22(30)35-24(33)23(32)34-21)10-9-28-7-5-14(6-8-28)18-16-4-3-15(25)11-17(16)36-27-18/h3-4,11,14H,5-10H2,1-2H3. The number of hydrogen-bond acceptors (Lipinski definition) is 9. The molecule has 0 bridgehead atoms. The molecule has 5 aromatic rings. The predicted octanol–water partition coefficient (Wildman–Crippen LogP) is 2.33. The lowest BCUT2D eigenvalue weighted by molar-refractivity contribution is 0.201. The topological polar surface area (TPSA) is 129 Å². The third-order valence-electron chi connectivity index (χ3n) is 7.05. The molecule has 0 saturated carbocycles. The average molecular weight is 495 g/mol. The molecule has 0 unspecified atom stereocenters. The van der Waals surface area contributed by atoms with Crippen molar-refractivity contribution in [2.24, 2.45) is 0 Å². The van der Waals surface area contributed by atoms with Crippen LogP contribution in [0.15, 0.2) is 45.9 Å². The molecule has 1 fully saturated rings. The van der Waals surface area contributed by atoms with Crippen molar-refractivity contribution >= 4 is 27.9 Å². The van der Waals surface area contributed by atoms with Crippen LogP contribution in [-0.4, -0.2) is 43.9 Å². The van der Waals surface area contributed by atoms with Crippen LogP contribution in [-0.2, 0) is 6.54 Å². The van der Waals surface area contributed by atoms with Crippen LogP contribution in [0.4, 0.5) is 4.39 Å². The number of hydrogen-bond donors (Lipinski definition) is 0. The Morgan fingerprint density at radius 3 is 2.50 bits per heavy atom. The summed E-state index contributed by atoms with van der Waals surface area (Å²) >= 11 is 0. The van der Waals surface area contributed by atoms with Crippen LogP contribution < -0.4 is 16.8 Å². The Hall–Kier alpha value is -4.06. The molecule has 1 aliphatic heterocycles. The number of benzene rings is 1. The van der Waals surface area contributed by atoms with Crippen molar-refractivity contribution in [1.29, 1.82) is 0 Å². The molecule has 5 heterocycles. The van der Waals surface area contributed by atoms with Gasteiger partial charge in [-0.25, -0.2) is 14.0 Å². The molecule has 0 aliphatic carbocycles. The van der Waals surface area contributed by atoms with Gasteiger partial charge in [-0.15, -0.1) is 0 Å². The Morgan fingerprint density at radius 1 is 1.03 bits per heavy atom. The van der Waals surface area contributed by atoms with Gasteiger partial charge in [-0.3, -0.25) is 9.36 Å². The summed E-state index contributed by atoms with van der Waals surface area (Å²) in [5.74, 6) is -0.185. The Balaban J connectivity index is 1.26. The van der Waals surface area contributed by atoms with Gasteiger partial charge >= 0.3 is 11.3 Å². The lowest BCUT2D eigenvalue weighted by Gasteiger charge is -2.31. The average Bonchev–Trinajstić information content (AvgIpc) is 3.41. The third kappa shape index (κ3) is 3.48. The molecule has 12 heteroatoms. The van der Waals surface area contributed by atoms with Crippen LogP contribution in [0.2, 0.25) is 0 Å². The van der Waals surface area contributed by atoms with Crippen molar-refractivity contribution in [3.63, 3.8) is 0 Å². The van der Waals surface area contributed by atoms with Crippen molar-refractivity contribution in [2.45, 2.75) is 39.2 Å². The van der Waals surface area contributed by atoms with E-state index >= 15 is 0 Å². The predicted molar refractivity (Wildman–Crippen MR) is 126 cm³/mol. The highest BCUT2D eigenvalue weighted by Crippen LogP contribution is 2.32. The molecular formula is C24H22FN5O6. The molecule has 11 nitrogen and oxygen atoms in total. The summed E-state index contributed by atoms with van der Waals surface area (Å²) < 4.78 is 31.7. The van der Waals surface area contributed by atoms with Gasteiger partial charge < -0.3 is 18.3 Å². The second-order valence-corrected chi connectivity index (χ2v) is 9.14. The first-order chi connectivity index (χ1) is 17.3. The molecule has 186 valence electrons. The Morgan fingerprint density at radius 2 is 1.75 bits per heavy atom. The fourth-order valence-corrected chi connectivity index (χ4v) is 4.97. The van der Waals surface area contributed by atoms with Crippen molar-refractivity contribution < 1.29 is 17.7 Å². The molecule has 0 amide bonds. The summed E-state index contributed by atoms with van der Waals surface area (Å²) in [6, 6.07) is 4.44. The zero-order chi connectivity index (χ0) is 25.1. The number of fused-ring (bicyclic) bond motifs is 4. The van der Waals surface area contributed by atoms with Crippen LogP contribution in [0.25, 0.3) is 27.9 Å². The SMILES string of the molecule is Cc1nn2c(c1C)c(=O)n(CCN1CCC(c3noc4cc(F)ccc34)CC1)c1oc(=O)c(=O)oc12. The molecule has 1 saturated heterocycles. The number of likely N-dealkylation sites (tertiary alicyclic amines) is 1. The summed E-state index contributed by atoms with van der Waals surface area (Å²) in [5, 5.41) is 9.30. The molecule has 0 radical (unpaired) electrons. The Kier molecular flexibility index (Phi) is 5.14. The van der Waals surface area contributed by atoms with E-state index in [9.17, 15) is 18.8 Å². The number of aromatic nitrogens is 4. The van der Waals surface area contributed by atoms with E-state index in [0.29, 0.717) is 23.4 Å². The highest BCUT2D eigenvalue weighted by atomic mass is 19.1. The van der Waals surface area contributed by atoms with E-state index in [-0.39, 0.29) is 40.8 Å². The smallest absolute Gasteiger partial charge is 0.395 e. The Labute approximate surface area is 201 Å². The molecule has 6 rings (SSSR count). The van der Waals surface area contributed by atoms with Crippen LogP contribution in [0.1, 0.15) is 35.7 Å². The highest BCUT2D eigenvalue weighted by molar-refractivity contribution is 5.80. The van der Waals surface area contributed by atoms with Gasteiger partial charge in [0.1, 0.15) is 11.3 Å². The first-order valence-electron chi connectivity index (χ1n) is 11.7. The molecular weight excluding hydrogens is 473 g/mol. The summed E-state index contributed by atoms with van der Waals surface area (Å²) in [6.45, 7) is 5.74. The van der Waals surface area contributed by atoms with E-state index in [0.717, 1.165) is 37.0 Å². The van der Waals surface area contributed by atoms with Gasteiger partial charge in [-0.1, -0.05) is 5.16 Å². The van der Waals surface area contributed by atoms with E-state index in [1.54, 1.807) is 19.9 Å². The van der Waals surface area contributed by atoms with E-state index in [1.165, 1.54) is 21.2 Å². The second kappa shape index (κ2) is 8.26. The first-order valence-corrected chi connectivity index (χ1v) is 11.7. The number of piperidine rings is 1. The van der Waals surface area contributed by atoms with E-state index in [4.69, 9.17) is 13.4 Å². The largest absolute Gasteiger partial charge is 0.424 e. The minimum absolute atomic E-state index is 0.0848. The molecule has 4 aromatic heterocycles. The van der Waals surface area contributed by atoms with E-state index in [2.05, 4.69) is 15.2 Å². The molecule has 36 heavy (non-hydrogen) atoms.